The van der Waals surface area contributed by atoms with Crippen LogP contribution in [-0.2, 0) is 9.59 Å². The van der Waals surface area contributed by atoms with Gasteiger partial charge in [0.15, 0.2) is 0 Å². The standard InChI is InChI=1S/C12H15N3O5/c1-20-9-5-3-2-4-7(9)14-12(19)15-8(11(17)18)6-10(13)16/h2-5,8H,6H2,1H3,(H2,13,16)(H,17,18)(H2,14,15,19). The van der Waals surface area contributed by atoms with E-state index in [0.29, 0.717) is 11.4 Å². The maximum atomic E-state index is 11.7. The highest BCUT2D eigenvalue weighted by Crippen LogP contribution is 2.22. The van der Waals surface area contributed by atoms with Gasteiger partial charge in [-0.3, -0.25) is 4.79 Å². The summed E-state index contributed by atoms with van der Waals surface area (Å²) in [5, 5.41) is 13.4. The van der Waals surface area contributed by atoms with Crippen molar-refractivity contribution in [2.75, 3.05) is 12.4 Å². The minimum Gasteiger partial charge on any atom is -0.495 e. The average molecular weight is 281 g/mol. The van der Waals surface area contributed by atoms with Crippen LogP contribution in [0.3, 0.4) is 0 Å². The van der Waals surface area contributed by atoms with Gasteiger partial charge in [-0.25, -0.2) is 9.59 Å². The number of urea groups is 1. The summed E-state index contributed by atoms with van der Waals surface area (Å²) < 4.78 is 5.03. The smallest absolute Gasteiger partial charge is 0.326 e. The van der Waals surface area contributed by atoms with Crippen molar-refractivity contribution >= 4 is 23.6 Å². The van der Waals surface area contributed by atoms with Gasteiger partial charge in [0.25, 0.3) is 0 Å². The molecule has 0 aliphatic heterocycles. The van der Waals surface area contributed by atoms with E-state index in [9.17, 15) is 14.4 Å². The fourth-order valence-electron chi connectivity index (χ4n) is 1.47. The predicted molar refractivity (Wildman–Crippen MR) is 70.4 cm³/mol. The second kappa shape index (κ2) is 6.98. The number of hydrogen-bond acceptors (Lipinski definition) is 4. The van der Waals surface area contributed by atoms with Crippen LogP contribution >= 0.6 is 0 Å². The summed E-state index contributed by atoms with van der Waals surface area (Å²) in [6, 6.07) is 4.45. The number of nitrogens with two attached hydrogens (primary N) is 1. The molecule has 0 heterocycles. The zero-order valence-electron chi connectivity index (χ0n) is 10.8. The number of carbonyl (C=O) groups excluding carboxylic acids is 2. The first-order chi connectivity index (χ1) is 9.43. The van der Waals surface area contributed by atoms with Crippen molar-refractivity contribution in [2.45, 2.75) is 12.5 Å². The lowest BCUT2D eigenvalue weighted by Gasteiger charge is -2.15. The number of ether oxygens (including phenoxy) is 1. The minimum absolute atomic E-state index is 0.371. The van der Waals surface area contributed by atoms with Crippen LogP contribution in [0.15, 0.2) is 24.3 Å². The number of carboxylic acid groups (broad SMARTS) is 1. The number of benzene rings is 1. The highest BCUT2D eigenvalue weighted by atomic mass is 16.5. The lowest BCUT2D eigenvalue weighted by atomic mass is 10.2. The van der Waals surface area contributed by atoms with E-state index in [2.05, 4.69) is 10.6 Å². The summed E-state index contributed by atoms with van der Waals surface area (Å²) in [5.41, 5.74) is 5.28. The van der Waals surface area contributed by atoms with Gasteiger partial charge in [-0.05, 0) is 12.1 Å². The number of hydrogen-bond donors (Lipinski definition) is 4. The van der Waals surface area contributed by atoms with Gasteiger partial charge in [-0.15, -0.1) is 0 Å². The summed E-state index contributed by atoms with van der Waals surface area (Å²) in [6.45, 7) is 0. The summed E-state index contributed by atoms with van der Waals surface area (Å²) in [5.74, 6) is -1.75. The Kier molecular flexibility index (Phi) is 5.33. The van der Waals surface area contributed by atoms with Crippen molar-refractivity contribution in [3.8, 4) is 5.75 Å². The number of carbonyl (C=O) groups is 3. The third-order valence-electron chi connectivity index (χ3n) is 2.36. The molecule has 3 amide bonds. The minimum atomic E-state index is -1.39. The molecule has 8 nitrogen and oxygen atoms in total. The third-order valence-corrected chi connectivity index (χ3v) is 2.36. The maximum absolute atomic E-state index is 11.7. The normalized spacial score (nSPS) is 11.2. The van der Waals surface area contributed by atoms with Gasteiger partial charge in [-0.2, -0.15) is 0 Å². The van der Waals surface area contributed by atoms with E-state index in [1.54, 1.807) is 24.3 Å². The van der Waals surface area contributed by atoms with Gasteiger partial charge < -0.3 is 26.2 Å². The van der Waals surface area contributed by atoms with Crippen molar-refractivity contribution in [1.29, 1.82) is 0 Å². The molecule has 1 unspecified atom stereocenters. The fourth-order valence-corrected chi connectivity index (χ4v) is 1.47. The van der Waals surface area contributed by atoms with E-state index < -0.39 is 30.4 Å². The van der Waals surface area contributed by atoms with Gasteiger partial charge in [0.2, 0.25) is 5.91 Å². The van der Waals surface area contributed by atoms with E-state index in [1.807, 2.05) is 0 Å². The van der Waals surface area contributed by atoms with Crippen LogP contribution in [-0.4, -0.2) is 36.2 Å². The summed E-state index contributed by atoms with van der Waals surface area (Å²) in [6.07, 6.45) is -0.491. The van der Waals surface area contributed by atoms with Crippen LogP contribution < -0.4 is 21.1 Å². The number of carboxylic acids is 1. The third kappa shape index (κ3) is 4.48. The van der Waals surface area contributed by atoms with Crippen molar-refractivity contribution in [1.82, 2.24) is 5.32 Å². The Morgan fingerprint density at radius 3 is 2.55 bits per heavy atom. The van der Waals surface area contributed by atoms with Gasteiger partial charge >= 0.3 is 12.0 Å². The number of nitrogens with one attached hydrogen (secondary N) is 2. The first kappa shape index (κ1) is 15.3. The highest BCUT2D eigenvalue weighted by Gasteiger charge is 2.22. The van der Waals surface area contributed by atoms with E-state index in [0.717, 1.165) is 0 Å². The average Bonchev–Trinajstić information content (AvgIpc) is 2.37. The molecule has 1 aromatic rings. The second-order valence-corrected chi connectivity index (χ2v) is 3.86. The highest BCUT2D eigenvalue weighted by molar-refractivity contribution is 5.94. The molecule has 1 atom stereocenters. The van der Waals surface area contributed by atoms with Crippen LogP contribution in [0.5, 0.6) is 5.75 Å². The van der Waals surface area contributed by atoms with E-state index in [1.165, 1.54) is 7.11 Å². The summed E-state index contributed by atoms with van der Waals surface area (Å²) >= 11 is 0. The first-order valence-corrected chi connectivity index (χ1v) is 5.65. The Labute approximate surface area is 114 Å². The lowest BCUT2D eigenvalue weighted by Crippen LogP contribution is -2.45. The van der Waals surface area contributed by atoms with Crippen molar-refractivity contribution in [2.24, 2.45) is 5.73 Å². The SMILES string of the molecule is COc1ccccc1NC(=O)NC(CC(N)=O)C(=O)O. The van der Waals surface area contributed by atoms with Crippen LogP contribution in [0.25, 0.3) is 0 Å². The molecule has 8 heteroatoms. The summed E-state index contributed by atoms with van der Waals surface area (Å²) in [7, 11) is 1.44. The zero-order valence-corrected chi connectivity index (χ0v) is 10.8. The molecule has 1 aromatic carbocycles. The predicted octanol–water partition coefficient (Wildman–Crippen LogP) is 0.145. The van der Waals surface area contributed by atoms with E-state index in [-0.39, 0.29) is 0 Å². The maximum Gasteiger partial charge on any atom is 0.326 e. The number of primary amides is 1. The van der Waals surface area contributed by atoms with Crippen LogP contribution in [0.2, 0.25) is 0 Å². The molecule has 0 aliphatic carbocycles. The Balaban J connectivity index is 2.70. The van der Waals surface area contributed by atoms with Crippen molar-refractivity contribution < 1.29 is 24.2 Å². The molecule has 1 rings (SSSR count). The van der Waals surface area contributed by atoms with Gasteiger partial charge in [0, 0.05) is 0 Å². The number of methoxy groups -OCH3 is 1. The lowest BCUT2D eigenvalue weighted by molar-refractivity contribution is -0.140. The quantitative estimate of drug-likeness (QED) is 0.589. The Morgan fingerprint density at radius 2 is 2.00 bits per heavy atom. The number of anilines is 1. The largest absolute Gasteiger partial charge is 0.495 e. The monoisotopic (exact) mass is 281 g/mol. The molecular weight excluding hydrogens is 266 g/mol. The first-order valence-electron chi connectivity index (χ1n) is 5.65. The Bertz CT molecular complexity index is 518. The molecular formula is C12H15N3O5. The van der Waals surface area contributed by atoms with Gasteiger partial charge in [0.05, 0.1) is 19.2 Å². The molecule has 0 saturated carbocycles. The van der Waals surface area contributed by atoms with Crippen LogP contribution in [0.1, 0.15) is 6.42 Å². The summed E-state index contributed by atoms with van der Waals surface area (Å²) in [4.78, 5) is 33.3. The Hall–Kier alpha value is -2.77. The topological polar surface area (TPSA) is 131 Å². The molecule has 0 aliphatic rings. The van der Waals surface area contributed by atoms with Crippen molar-refractivity contribution in [3.05, 3.63) is 24.3 Å². The molecule has 5 N–H and O–H groups in total. The van der Waals surface area contributed by atoms with E-state index >= 15 is 0 Å². The molecule has 0 aromatic heterocycles. The van der Waals surface area contributed by atoms with Crippen molar-refractivity contribution in [3.63, 3.8) is 0 Å². The van der Waals surface area contributed by atoms with E-state index in [4.69, 9.17) is 15.6 Å². The van der Waals surface area contributed by atoms with Gasteiger partial charge in [-0.1, -0.05) is 12.1 Å². The molecule has 0 bridgehead atoms. The number of amides is 3. The molecule has 0 fully saturated rings. The number of aliphatic carboxylic acids is 1. The molecule has 0 radical (unpaired) electrons. The van der Waals surface area contributed by atoms with Crippen LogP contribution in [0.4, 0.5) is 10.5 Å². The molecule has 0 saturated heterocycles. The fraction of sp³-hybridized carbons (Fsp3) is 0.250. The number of para-hydroxylation sites is 2. The molecule has 0 spiro atoms. The Morgan fingerprint density at radius 1 is 1.35 bits per heavy atom. The van der Waals surface area contributed by atoms with Gasteiger partial charge in [0.1, 0.15) is 11.8 Å². The molecule has 20 heavy (non-hydrogen) atoms. The molecule has 108 valence electrons. The zero-order chi connectivity index (χ0) is 15.1. The second-order valence-electron chi connectivity index (χ2n) is 3.86. The van der Waals surface area contributed by atoms with Crippen LogP contribution in [0, 0.1) is 0 Å². The number of rotatable bonds is 6.